The number of aromatic nitrogens is 2. The molecule has 0 bridgehead atoms. The van der Waals surface area contributed by atoms with Gasteiger partial charge in [0.1, 0.15) is 6.33 Å². The monoisotopic (exact) mass is 339 g/mol. The summed E-state index contributed by atoms with van der Waals surface area (Å²) in [5, 5.41) is 2.80. The third-order valence-electron chi connectivity index (χ3n) is 3.83. The molecule has 25 heavy (non-hydrogen) atoms. The lowest BCUT2D eigenvalue weighted by molar-refractivity contribution is 0.0940. The highest BCUT2D eigenvalue weighted by Gasteiger charge is 2.16. The van der Waals surface area contributed by atoms with Crippen LogP contribution in [0.4, 0.5) is 8.78 Å². The first-order chi connectivity index (χ1) is 12.1. The van der Waals surface area contributed by atoms with Gasteiger partial charge in [-0.25, -0.2) is 18.7 Å². The van der Waals surface area contributed by atoms with Crippen molar-refractivity contribution in [2.24, 2.45) is 0 Å². The summed E-state index contributed by atoms with van der Waals surface area (Å²) >= 11 is 0. The van der Waals surface area contributed by atoms with Gasteiger partial charge in [-0.3, -0.25) is 4.79 Å². The van der Waals surface area contributed by atoms with Crippen molar-refractivity contribution in [2.45, 2.75) is 13.0 Å². The number of rotatable bonds is 4. The number of carbonyl (C=O) groups is 1. The predicted molar refractivity (Wildman–Crippen MR) is 89.7 cm³/mol. The molecule has 1 atom stereocenters. The molecule has 0 saturated carbocycles. The summed E-state index contributed by atoms with van der Waals surface area (Å²) in [6, 6.07) is 10.1. The Balaban J connectivity index is 1.85. The number of nitrogens with one attached hydrogen (secondary N) is 1. The predicted octanol–water partition coefficient (Wildman–Crippen LogP) is 3.91. The van der Waals surface area contributed by atoms with Crippen LogP contribution >= 0.6 is 0 Å². The third-order valence-corrected chi connectivity index (χ3v) is 3.83. The standard InChI is InChI=1S/C19H15F2N3O/c1-12(13-6-7-17(20)18(21)8-13)24-19(25)16-5-3-2-4-15(16)14-9-22-11-23-10-14/h2-12H,1H3,(H,24,25)/t12-/m1/s1. The first-order valence-corrected chi connectivity index (χ1v) is 7.66. The summed E-state index contributed by atoms with van der Waals surface area (Å²) < 4.78 is 26.4. The van der Waals surface area contributed by atoms with Crippen LogP contribution in [0.25, 0.3) is 11.1 Å². The second-order valence-corrected chi connectivity index (χ2v) is 5.54. The van der Waals surface area contributed by atoms with E-state index in [-0.39, 0.29) is 5.91 Å². The Bertz CT molecular complexity index is 900. The van der Waals surface area contributed by atoms with E-state index in [9.17, 15) is 13.6 Å². The fraction of sp³-hybridized carbons (Fsp3) is 0.105. The zero-order valence-corrected chi connectivity index (χ0v) is 13.4. The van der Waals surface area contributed by atoms with Crippen molar-refractivity contribution < 1.29 is 13.6 Å². The molecule has 3 rings (SSSR count). The van der Waals surface area contributed by atoms with Crippen LogP contribution in [-0.2, 0) is 0 Å². The fourth-order valence-corrected chi connectivity index (χ4v) is 2.51. The van der Waals surface area contributed by atoms with E-state index in [1.807, 2.05) is 6.07 Å². The maximum absolute atomic E-state index is 13.4. The Morgan fingerprint density at radius 2 is 1.76 bits per heavy atom. The Morgan fingerprint density at radius 1 is 1.04 bits per heavy atom. The Morgan fingerprint density at radius 3 is 2.48 bits per heavy atom. The van der Waals surface area contributed by atoms with Crippen molar-refractivity contribution in [1.82, 2.24) is 15.3 Å². The van der Waals surface area contributed by atoms with E-state index in [0.29, 0.717) is 22.3 Å². The summed E-state index contributed by atoms with van der Waals surface area (Å²) in [5.74, 6) is -2.19. The summed E-state index contributed by atoms with van der Waals surface area (Å²) in [5.41, 5.74) is 2.34. The maximum atomic E-state index is 13.4. The van der Waals surface area contributed by atoms with Crippen molar-refractivity contribution >= 4 is 5.91 Å². The van der Waals surface area contributed by atoms with E-state index >= 15 is 0 Å². The van der Waals surface area contributed by atoms with Crippen molar-refractivity contribution in [1.29, 1.82) is 0 Å². The van der Waals surface area contributed by atoms with E-state index in [1.165, 1.54) is 12.4 Å². The van der Waals surface area contributed by atoms with Gasteiger partial charge in [-0.1, -0.05) is 24.3 Å². The van der Waals surface area contributed by atoms with Gasteiger partial charge in [-0.05, 0) is 36.2 Å². The van der Waals surface area contributed by atoms with Gasteiger partial charge in [0.2, 0.25) is 0 Å². The molecule has 0 radical (unpaired) electrons. The summed E-state index contributed by atoms with van der Waals surface area (Å²) in [7, 11) is 0. The van der Waals surface area contributed by atoms with E-state index in [1.54, 1.807) is 37.5 Å². The molecule has 126 valence electrons. The number of carbonyl (C=O) groups excluding carboxylic acids is 1. The zero-order valence-electron chi connectivity index (χ0n) is 13.4. The number of hydrogen-bond acceptors (Lipinski definition) is 3. The summed E-state index contributed by atoms with van der Waals surface area (Å²) in [6.45, 7) is 1.71. The molecule has 0 spiro atoms. The van der Waals surface area contributed by atoms with Crippen molar-refractivity contribution in [3.05, 3.63) is 83.9 Å². The average molecular weight is 339 g/mol. The van der Waals surface area contributed by atoms with Crippen LogP contribution in [0.5, 0.6) is 0 Å². The molecule has 0 fully saturated rings. The van der Waals surface area contributed by atoms with Crippen molar-refractivity contribution in [2.75, 3.05) is 0 Å². The molecule has 2 aromatic carbocycles. The molecule has 0 unspecified atom stereocenters. The van der Waals surface area contributed by atoms with E-state index in [4.69, 9.17) is 0 Å². The Hall–Kier alpha value is -3.15. The normalized spacial score (nSPS) is 11.8. The van der Waals surface area contributed by atoms with Gasteiger partial charge >= 0.3 is 0 Å². The largest absolute Gasteiger partial charge is 0.345 e. The molecule has 1 heterocycles. The highest BCUT2D eigenvalue weighted by atomic mass is 19.2. The maximum Gasteiger partial charge on any atom is 0.252 e. The third kappa shape index (κ3) is 3.68. The van der Waals surface area contributed by atoms with Crippen LogP contribution in [0.2, 0.25) is 0 Å². The van der Waals surface area contributed by atoms with Crippen molar-refractivity contribution in [3.8, 4) is 11.1 Å². The molecule has 3 aromatic rings. The molecule has 0 aliphatic heterocycles. The van der Waals surface area contributed by atoms with E-state index in [0.717, 1.165) is 12.1 Å². The fourth-order valence-electron chi connectivity index (χ4n) is 2.51. The van der Waals surface area contributed by atoms with Crippen LogP contribution in [0.3, 0.4) is 0 Å². The first-order valence-electron chi connectivity index (χ1n) is 7.66. The topological polar surface area (TPSA) is 54.9 Å². The molecule has 4 nitrogen and oxygen atoms in total. The number of hydrogen-bond donors (Lipinski definition) is 1. The number of nitrogens with zero attached hydrogens (tertiary/aromatic N) is 2. The molecule has 1 amide bonds. The lowest BCUT2D eigenvalue weighted by Gasteiger charge is -2.16. The minimum absolute atomic E-state index is 0.323. The van der Waals surface area contributed by atoms with Crippen LogP contribution in [0, 0.1) is 11.6 Å². The zero-order chi connectivity index (χ0) is 17.8. The molecule has 1 N–H and O–H groups in total. The molecule has 0 saturated heterocycles. The second-order valence-electron chi connectivity index (χ2n) is 5.54. The van der Waals surface area contributed by atoms with Crippen LogP contribution in [0.1, 0.15) is 28.9 Å². The van der Waals surface area contributed by atoms with Gasteiger partial charge in [-0.2, -0.15) is 0 Å². The average Bonchev–Trinajstić information content (AvgIpc) is 2.64. The number of halogens is 2. The van der Waals surface area contributed by atoms with Crippen LogP contribution in [-0.4, -0.2) is 15.9 Å². The van der Waals surface area contributed by atoms with Crippen molar-refractivity contribution in [3.63, 3.8) is 0 Å². The quantitative estimate of drug-likeness (QED) is 0.784. The van der Waals surface area contributed by atoms with E-state index in [2.05, 4.69) is 15.3 Å². The van der Waals surface area contributed by atoms with Gasteiger partial charge < -0.3 is 5.32 Å². The van der Waals surface area contributed by atoms with Gasteiger partial charge in [-0.15, -0.1) is 0 Å². The highest BCUT2D eigenvalue weighted by Crippen LogP contribution is 2.23. The first kappa shape index (κ1) is 16.7. The molecular formula is C19H15F2N3O. The minimum atomic E-state index is -0.944. The van der Waals surface area contributed by atoms with Crippen LogP contribution < -0.4 is 5.32 Å². The molecule has 1 aromatic heterocycles. The molecule has 0 aliphatic carbocycles. The second kappa shape index (κ2) is 7.17. The van der Waals surface area contributed by atoms with Gasteiger partial charge in [0.25, 0.3) is 5.91 Å². The minimum Gasteiger partial charge on any atom is -0.345 e. The summed E-state index contributed by atoms with van der Waals surface area (Å²) in [4.78, 5) is 20.6. The number of benzene rings is 2. The Labute approximate surface area is 143 Å². The molecule has 0 aliphatic rings. The lowest BCUT2D eigenvalue weighted by Crippen LogP contribution is -2.27. The SMILES string of the molecule is C[C@@H](NC(=O)c1ccccc1-c1cncnc1)c1ccc(F)c(F)c1. The van der Waals surface area contributed by atoms with Gasteiger partial charge in [0.15, 0.2) is 11.6 Å². The van der Waals surface area contributed by atoms with Gasteiger partial charge in [0.05, 0.1) is 6.04 Å². The lowest BCUT2D eigenvalue weighted by atomic mass is 10.0. The highest BCUT2D eigenvalue weighted by molar-refractivity contribution is 6.00. The van der Waals surface area contributed by atoms with Gasteiger partial charge in [0, 0.05) is 23.5 Å². The number of amides is 1. The summed E-state index contributed by atoms with van der Waals surface area (Å²) in [6.07, 6.45) is 4.66. The molecule has 6 heteroatoms. The smallest absolute Gasteiger partial charge is 0.252 e. The molecular weight excluding hydrogens is 324 g/mol. The Kier molecular flexibility index (Phi) is 4.79. The van der Waals surface area contributed by atoms with E-state index < -0.39 is 17.7 Å². The van der Waals surface area contributed by atoms with Crippen LogP contribution in [0.15, 0.2) is 61.2 Å².